The number of rotatable bonds is 5. The lowest BCUT2D eigenvalue weighted by Gasteiger charge is -2.32. The highest BCUT2D eigenvalue weighted by molar-refractivity contribution is 6.48. The van der Waals surface area contributed by atoms with Crippen molar-refractivity contribution in [3.05, 3.63) is 29.3 Å². The summed E-state index contributed by atoms with van der Waals surface area (Å²) in [5.41, 5.74) is -0.931. The Morgan fingerprint density at radius 1 is 1.20 bits per heavy atom. The van der Waals surface area contributed by atoms with E-state index in [1.165, 1.54) is 19.2 Å². The molecule has 0 saturated carbocycles. The zero-order chi connectivity index (χ0) is 19.0. The number of carbonyl (C=O) groups is 2. The zero-order valence-corrected chi connectivity index (χ0v) is 15.0. The number of ether oxygens (including phenoxy) is 1. The SMILES string of the molecule is COC(=O)CC(B1OC(C)(C)C(C)(C)O1)c1ccc(O)c(C(=O)O)c1. The van der Waals surface area contributed by atoms with Crippen molar-refractivity contribution in [1.82, 2.24) is 0 Å². The van der Waals surface area contributed by atoms with E-state index in [1.54, 1.807) is 6.07 Å². The second-order valence-electron chi connectivity index (χ2n) is 7.09. The highest BCUT2D eigenvalue weighted by atomic mass is 16.7. The number of carboxylic acids is 1. The van der Waals surface area contributed by atoms with Gasteiger partial charge in [-0.25, -0.2) is 4.79 Å². The highest BCUT2D eigenvalue weighted by Gasteiger charge is 2.54. The fourth-order valence-electron chi connectivity index (χ4n) is 2.64. The standard InChI is InChI=1S/C17H23BO7/c1-16(2)17(3,4)25-18(24-16)12(9-14(20)23-5)10-6-7-13(19)11(8-10)15(21)22/h6-8,12,19H,9H2,1-5H3,(H,21,22). The van der Waals surface area contributed by atoms with Crippen molar-refractivity contribution in [2.45, 2.75) is 51.1 Å². The Bertz CT molecular complexity index is 668. The maximum absolute atomic E-state index is 11.9. The van der Waals surface area contributed by atoms with Crippen LogP contribution in [-0.2, 0) is 18.8 Å². The van der Waals surface area contributed by atoms with Gasteiger partial charge in [-0.05, 0) is 45.4 Å². The quantitative estimate of drug-likeness (QED) is 0.621. The summed E-state index contributed by atoms with van der Waals surface area (Å²) in [5, 5.41) is 18.9. The summed E-state index contributed by atoms with van der Waals surface area (Å²) in [6, 6.07) is 4.17. The summed E-state index contributed by atoms with van der Waals surface area (Å²) in [6.45, 7) is 7.56. The Kier molecular flexibility index (Phi) is 5.15. The van der Waals surface area contributed by atoms with Crippen LogP contribution in [0.2, 0.25) is 0 Å². The molecule has 1 heterocycles. The minimum atomic E-state index is -1.26. The number of methoxy groups -OCH3 is 1. The third-order valence-corrected chi connectivity index (χ3v) is 4.89. The van der Waals surface area contributed by atoms with Gasteiger partial charge >= 0.3 is 19.1 Å². The molecule has 0 aromatic heterocycles. The predicted molar refractivity (Wildman–Crippen MR) is 90.5 cm³/mol. The topological polar surface area (TPSA) is 102 Å². The molecule has 0 bridgehead atoms. The molecule has 0 aliphatic carbocycles. The molecule has 1 aliphatic rings. The molecule has 2 N–H and O–H groups in total. The number of carboxylic acid groups (broad SMARTS) is 1. The zero-order valence-electron chi connectivity index (χ0n) is 15.0. The van der Waals surface area contributed by atoms with Crippen molar-refractivity contribution in [2.75, 3.05) is 7.11 Å². The van der Waals surface area contributed by atoms with Gasteiger partial charge < -0.3 is 24.3 Å². The first kappa shape index (κ1) is 19.3. The van der Waals surface area contributed by atoms with Crippen LogP contribution in [-0.4, -0.2) is 47.6 Å². The number of aromatic carboxylic acids is 1. The Hall–Kier alpha value is -2.06. The number of esters is 1. The predicted octanol–water partition coefficient (Wildman–Crippen LogP) is 2.37. The first-order valence-corrected chi connectivity index (χ1v) is 7.97. The smallest absolute Gasteiger partial charge is 0.466 e. The highest BCUT2D eigenvalue weighted by Crippen LogP contribution is 2.42. The first-order chi connectivity index (χ1) is 11.5. The van der Waals surface area contributed by atoms with Crippen LogP contribution >= 0.6 is 0 Å². The number of hydrogen-bond donors (Lipinski definition) is 2. The fraction of sp³-hybridized carbons (Fsp3) is 0.529. The lowest BCUT2D eigenvalue weighted by Crippen LogP contribution is -2.41. The van der Waals surface area contributed by atoms with Gasteiger partial charge in [-0.15, -0.1) is 0 Å². The minimum absolute atomic E-state index is 0.0445. The van der Waals surface area contributed by atoms with Crippen molar-refractivity contribution in [1.29, 1.82) is 0 Å². The van der Waals surface area contributed by atoms with Gasteiger partial charge in [-0.3, -0.25) is 4.79 Å². The van der Waals surface area contributed by atoms with E-state index in [0.717, 1.165) is 0 Å². The van der Waals surface area contributed by atoms with E-state index < -0.39 is 36.1 Å². The average Bonchev–Trinajstić information content (AvgIpc) is 2.73. The van der Waals surface area contributed by atoms with Gasteiger partial charge in [0, 0.05) is 5.82 Å². The van der Waals surface area contributed by atoms with E-state index in [0.29, 0.717) is 5.56 Å². The lowest BCUT2D eigenvalue weighted by atomic mass is 9.66. The van der Waals surface area contributed by atoms with Crippen LogP contribution in [0.4, 0.5) is 0 Å². The molecule has 1 aliphatic heterocycles. The van der Waals surface area contributed by atoms with Crippen molar-refractivity contribution < 1.29 is 33.8 Å². The fourth-order valence-corrected chi connectivity index (χ4v) is 2.64. The number of aromatic hydroxyl groups is 1. The average molecular weight is 350 g/mol. The van der Waals surface area contributed by atoms with Gasteiger partial charge in [-0.2, -0.15) is 0 Å². The molecule has 136 valence electrons. The van der Waals surface area contributed by atoms with E-state index in [2.05, 4.69) is 0 Å². The van der Waals surface area contributed by atoms with Crippen LogP contribution in [0.1, 0.15) is 55.9 Å². The molecule has 8 heteroatoms. The van der Waals surface area contributed by atoms with Crippen molar-refractivity contribution in [3.63, 3.8) is 0 Å². The van der Waals surface area contributed by atoms with Gasteiger partial charge in [0.25, 0.3) is 0 Å². The van der Waals surface area contributed by atoms with Crippen molar-refractivity contribution in [3.8, 4) is 5.75 Å². The van der Waals surface area contributed by atoms with E-state index in [-0.39, 0.29) is 17.7 Å². The Morgan fingerprint density at radius 2 is 1.76 bits per heavy atom. The van der Waals surface area contributed by atoms with Crippen LogP contribution in [0, 0.1) is 0 Å². The van der Waals surface area contributed by atoms with Crippen LogP contribution < -0.4 is 0 Å². The van der Waals surface area contributed by atoms with E-state index >= 15 is 0 Å². The molecule has 1 fully saturated rings. The molecule has 0 amide bonds. The maximum Gasteiger partial charge on any atom is 0.466 e. The molecule has 1 atom stereocenters. The molecule has 1 unspecified atom stereocenters. The molecule has 1 aromatic carbocycles. The summed E-state index contributed by atoms with van der Waals surface area (Å²) < 4.78 is 16.8. The van der Waals surface area contributed by atoms with Crippen LogP contribution in [0.5, 0.6) is 5.75 Å². The first-order valence-electron chi connectivity index (χ1n) is 7.97. The van der Waals surface area contributed by atoms with Gasteiger partial charge in [0.05, 0.1) is 24.7 Å². The molecule has 1 aromatic rings. The maximum atomic E-state index is 11.9. The Morgan fingerprint density at radius 3 is 2.24 bits per heavy atom. The van der Waals surface area contributed by atoms with Gasteiger partial charge in [0.1, 0.15) is 11.3 Å². The second-order valence-corrected chi connectivity index (χ2v) is 7.09. The normalized spacial score (nSPS) is 19.5. The van der Waals surface area contributed by atoms with Crippen LogP contribution in [0.25, 0.3) is 0 Å². The third kappa shape index (κ3) is 3.80. The van der Waals surface area contributed by atoms with Crippen molar-refractivity contribution in [2.24, 2.45) is 0 Å². The summed E-state index contributed by atoms with van der Waals surface area (Å²) in [4.78, 5) is 23.1. The van der Waals surface area contributed by atoms with E-state index in [1.807, 2.05) is 27.7 Å². The number of phenols is 1. The summed E-state index contributed by atoms with van der Waals surface area (Å²) in [6.07, 6.45) is -0.0445. The van der Waals surface area contributed by atoms with E-state index in [4.69, 9.17) is 14.0 Å². The summed E-state index contributed by atoms with van der Waals surface area (Å²) in [5.74, 6) is -2.65. The van der Waals surface area contributed by atoms with Crippen LogP contribution in [0.15, 0.2) is 18.2 Å². The monoisotopic (exact) mass is 350 g/mol. The third-order valence-electron chi connectivity index (χ3n) is 4.89. The number of benzene rings is 1. The van der Waals surface area contributed by atoms with Gasteiger partial charge in [0.15, 0.2) is 0 Å². The summed E-state index contributed by atoms with van der Waals surface area (Å²) >= 11 is 0. The molecule has 0 radical (unpaired) electrons. The molecule has 1 saturated heterocycles. The van der Waals surface area contributed by atoms with Crippen LogP contribution in [0.3, 0.4) is 0 Å². The Balaban J connectivity index is 2.43. The lowest BCUT2D eigenvalue weighted by molar-refractivity contribution is -0.140. The molecule has 7 nitrogen and oxygen atoms in total. The largest absolute Gasteiger partial charge is 0.507 e. The minimum Gasteiger partial charge on any atom is -0.507 e. The summed E-state index contributed by atoms with van der Waals surface area (Å²) in [7, 11) is 0.527. The molecule has 2 rings (SSSR count). The number of hydrogen-bond acceptors (Lipinski definition) is 6. The van der Waals surface area contributed by atoms with Gasteiger partial charge in [-0.1, -0.05) is 6.07 Å². The molecule has 0 spiro atoms. The molecule has 25 heavy (non-hydrogen) atoms. The second kappa shape index (κ2) is 6.69. The molecular formula is C17H23BO7. The Labute approximate surface area is 147 Å². The number of carbonyl (C=O) groups excluding carboxylic acids is 1. The van der Waals surface area contributed by atoms with Gasteiger partial charge in [0.2, 0.25) is 0 Å². The van der Waals surface area contributed by atoms with E-state index in [9.17, 15) is 19.8 Å². The van der Waals surface area contributed by atoms with Crippen molar-refractivity contribution >= 4 is 19.1 Å². The molecular weight excluding hydrogens is 327 g/mol.